The first-order valence-electron chi connectivity index (χ1n) is 26.2. The maximum Gasteiger partial charge on any atom is 0.0540 e. The summed E-state index contributed by atoms with van der Waals surface area (Å²) in [7, 11) is 0. The predicted molar refractivity (Wildman–Crippen MR) is 327 cm³/mol. The van der Waals surface area contributed by atoms with E-state index < -0.39 is 0 Å². The average molecular weight is 965 g/mol. The minimum Gasteiger partial charge on any atom is -0.310 e. The molecule has 1 aliphatic rings. The molecule has 16 rings (SSSR count). The van der Waals surface area contributed by atoms with Gasteiger partial charge >= 0.3 is 0 Å². The minimum absolute atomic E-state index is 1.15. The molecule has 0 amide bonds. The Morgan fingerprint density at radius 3 is 0.947 bits per heavy atom. The highest BCUT2D eigenvalue weighted by atomic mass is 15.1. The summed E-state index contributed by atoms with van der Waals surface area (Å²) >= 11 is 0. The predicted octanol–water partition coefficient (Wildman–Crippen LogP) is 21.2. The molecule has 0 N–H and O–H groups in total. The third-order valence-electron chi connectivity index (χ3n) is 15.7. The normalized spacial score (nSPS) is 11.7. The van der Waals surface area contributed by atoms with Gasteiger partial charge in [0.2, 0.25) is 0 Å². The lowest BCUT2D eigenvalue weighted by atomic mass is 9.94. The van der Waals surface area contributed by atoms with E-state index in [2.05, 4.69) is 301 Å². The van der Waals surface area contributed by atoms with Crippen LogP contribution in [0.4, 0.5) is 34.1 Å². The molecule has 0 atom stereocenters. The fraction of sp³-hybridized carbons (Fsp3) is 0. The molecule has 0 spiro atoms. The first kappa shape index (κ1) is 43.6. The third-order valence-corrected chi connectivity index (χ3v) is 15.7. The van der Waals surface area contributed by atoms with Gasteiger partial charge in [0.1, 0.15) is 0 Å². The molecule has 0 heterocycles. The summed E-state index contributed by atoms with van der Waals surface area (Å²) in [6, 6.07) is 106. The Bertz CT molecular complexity index is 4580. The highest BCUT2D eigenvalue weighted by Crippen LogP contribution is 2.51. The zero-order valence-electron chi connectivity index (χ0n) is 41.6. The van der Waals surface area contributed by atoms with Crippen molar-refractivity contribution in [3.8, 4) is 22.3 Å². The molecular weight excluding hydrogens is 917 g/mol. The van der Waals surface area contributed by atoms with Crippen molar-refractivity contribution < 1.29 is 0 Å². The van der Waals surface area contributed by atoms with Gasteiger partial charge in [-0.3, -0.25) is 0 Å². The molecule has 15 aromatic rings. The SMILES string of the molecule is c1ccc2c(c1)-c1cccc3c(N(c4ccc5ccccc5c4)c4ccc5ccccc5c4)ccc-2c13.c1ccc2cc(N(c3ccc4ccccc4c3)c3ccc4c5ccccc5c5ccccc5c4c3)ccc2c1. The van der Waals surface area contributed by atoms with Crippen LogP contribution in [0.1, 0.15) is 0 Å². The third kappa shape index (κ3) is 7.26. The number of hydrogen-bond donors (Lipinski definition) is 0. The van der Waals surface area contributed by atoms with E-state index in [4.69, 9.17) is 0 Å². The van der Waals surface area contributed by atoms with Crippen molar-refractivity contribution in [1.29, 1.82) is 0 Å². The van der Waals surface area contributed by atoms with E-state index >= 15 is 0 Å². The molecule has 0 aliphatic heterocycles. The smallest absolute Gasteiger partial charge is 0.0540 e. The van der Waals surface area contributed by atoms with Crippen LogP contribution in [0.3, 0.4) is 0 Å². The topological polar surface area (TPSA) is 6.48 Å². The van der Waals surface area contributed by atoms with Gasteiger partial charge in [0, 0.05) is 33.8 Å². The van der Waals surface area contributed by atoms with Crippen LogP contribution in [-0.2, 0) is 0 Å². The summed E-state index contributed by atoms with van der Waals surface area (Å²) in [6.07, 6.45) is 0. The second kappa shape index (κ2) is 17.9. The molecule has 0 fully saturated rings. The Balaban J connectivity index is 0.000000133. The number of anilines is 6. The van der Waals surface area contributed by atoms with E-state index in [0.717, 1.165) is 28.4 Å². The van der Waals surface area contributed by atoms with Crippen molar-refractivity contribution in [1.82, 2.24) is 0 Å². The second-order valence-electron chi connectivity index (χ2n) is 20.0. The molecule has 0 aromatic heterocycles. The Morgan fingerprint density at radius 2 is 0.487 bits per heavy atom. The largest absolute Gasteiger partial charge is 0.310 e. The molecular formula is C74H48N2. The summed E-state index contributed by atoms with van der Waals surface area (Å²) in [5, 5.41) is 20.3. The van der Waals surface area contributed by atoms with Gasteiger partial charge < -0.3 is 9.80 Å². The van der Waals surface area contributed by atoms with E-state index in [9.17, 15) is 0 Å². The molecule has 0 bridgehead atoms. The fourth-order valence-corrected chi connectivity index (χ4v) is 12.2. The second-order valence-corrected chi connectivity index (χ2v) is 20.0. The number of nitrogens with zero attached hydrogens (tertiary/aromatic N) is 2. The van der Waals surface area contributed by atoms with Gasteiger partial charge in [-0.25, -0.2) is 0 Å². The van der Waals surface area contributed by atoms with E-state index in [1.165, 1.54) is 114 Å². The van der Waals surface area contributed by atoms with Crippen LogP contribution in [-0.4, -0.2) is 0 Å². The molecule has 76 heavy (non-hydrogen) atoms. The molecule has 0 unspecified atom stereocenters. The van der Waals surface area contributed by atoms with Crippen molar-refractivity contribution >= 4 is 120 Å². The zero-order valence-corrected chi connectivity index (χ0v) is 41.6. The average Bonchev–Trinajstić information content (AvgIpc) is 3.92. The summed E-state index contributed by atoms with van der Waals surface area (Å²) in [4.78, 5) is 4.81. The first-order valence-corrected chi connectivity index (χ1v) is 26.2. The van der Waals surface area contributed by atoms with Gasteiger partial charge in [0.25, 0.3) is 0 Å². The van der Waals surface area contributed by atoms with Crippen LogP contribution in [0.15, 0.2) is 291 Å². The number of fused-ring (bicyclic) bond motifs is 13. The van der Waals surface area contributed by atoms with E-state index in [1.807, 2.05) is 0 Å². The lowest BCUT2D eigenvalue weighted by Gasteiger charge is -2.28. The standard InChI is InChI=1S/C38H25N.C36H23N/c1-3-11-28-23-30(19-17-26(28)9-1)39(31-20-18-27-10-2-4-12-29(27)24-31)32-21-22-37-35-15-6-5-13-33(35)34-14-7-8-16-36(34)38(37)25-32;1-3-10-26-22-28(18-16-24(26)8-1)37(29-19-17-25-9-2-4-11-27(25)23-29)35-21-20-33-31-13-6-5-12-30(31)32-14-7-15-34(35)36(32)33/h1-25H;1-23H. The van der Waals surface area contributed by atoms with Crippen LogP contribution in [0, 0.1) is 0 Å². The molecule has 1 aliphatic carbocycles. The monoisotopic (exact) mass is 964 g/mol. The van der Waals surface area contributed by atoms with Crippen molar-refractivity contribution in [3.63, 3.8) is 0 Å². The van der Waals surface area contributed by atoms with E-state index in [-0.39, 0.29) is 0 Å². The van der Waals surface area contributed by atoms with Crippen LogP contribution >= 0.6 is 0 Å². The van der Waals surface area contributed by atoms with Crippen molar-refractivity contribution in [2.75, 3.05) is 9.80 Å². The van der Waals surface area contributed by atoms with Gasteiger partial charge in [-0.1, -0.05) is 224 Å². The van der Waals surface area contributed by atoms with Gasteiger partial charge in [-0.2, -0.15) is 0 Å². The minimum atomic E-state index is 1.15. The quantitative estimate of drug-likeness (QED) is 0.153. The van der Waals surface area contributed by atoms with Crippen LogP contribution in [0.2, 0.25) is 0 Å². The zero-order chi connectivity index (χ0) is 50.1. The van der Waals surface area contributed by atoms with Gasteiger partial charge in [-0.15, -0.1) is 0 Å². The van der Waals surface area contributed by atoms with Crippen LogP contribution < -0.4 is 9.80 Å². The van der Waals surface area contributed by atoms with Gasteiger partial charge in [-0.05, 0) is 170 Å². The molecule has 354 valence electrons. The highest BCUT2D eigenvalue weighted by Gasteiger charge is 2.25. The highest BCUT2D eigenvalue weighted by molar-refractivity contribution is 6.26. The van der Waals surface area contributed by atoms with Crippen molar-refractivity contribution in [2.45, 2.75) is 0 Å². The molecule has 0 saturated heterocycles. The molecule has 2 nitrogen and oxygen atoms in total. The summed E-state index contributed by atoms with van der Waals surface area (Å²) in [6.45, 7) is 0. The van der Waals surface area contributed by atoms with Crippen LogP contribution in [0.5, 0.6) is 0 Å². The molecule has 0 saturated carbocycles. The maximum absolute atomic E-state index is 2.42. The van der Waals surface area contributed by atoms with E-state index in [1.54, 1.807) is 0 Å². The number of rotatable bonds is 6. The Labute approximate surface area is 441 Å². The van der Waals surface area contributed by atoms with Gasteiger partial charge in [0.15, 0.2) is 0 Å². The lowest BCUT2D eigenvalue weighted by molar-refractivity contribution is 1.30. The Kier molecular flexibility index (Phi) is 10.2. The number of hydrogen-bond acceptors (Lipinski definition) is 2. The van der Waals surface area contributed by atoms with Crippen molar-refractivity contribution in [3.05, 3.63) is 291 Å². The molecule has 15 aromatic carbocycles. The van der Waals surface area contributed by atoms with Gasteiger partial charge in [0.05, 0.1) is 5.69 Å². The first-order chi connectivity index (χ1) is 37.7. The summed E-state index contributed by atoms with van der Waals surface area (Å²) in [5.41, 5.74) is 12.2. The number of benzene rings is 15. The lowest BCUT2D eigenvalue weighted by Crippen LogP contribution is -2.10. The maximum atomic E-state index is 2.42. The summed E-state index contributed by atoms with van der Waals surface area (Å²) < 4.78 is 0. The summed E-state index contributed by atoms with van der Waals surface area (Å²) in [5.74, 6) is 0. The Hall–Kier alpha value is -10.0. The Morgan fingerprint density at radius 1 is 0.171 bits per heavy atom. The van der Waals surface area contributed by atoms with Crippen LogP contribution in [0.25, 0.3) is 108 Å². The molecule has 0 radical (unpaired) electrons. The van der Waals surface area contributed by atoms with E-state index in [0.29, 0.717) is 0 Å². The van der Waals surface area contributed by atoms with Crippen molar-refractivity contribution in [2.24, 2.45) is 0 Å². The molecule has 2 heteroatoms. The fourth-order valence-electron chi connectivity index (χ4n) is 12.2.